The van der Waals surface area contributed by atoms with Crippen LogP contribution in [0.5, 0.6) is 5.75 Å². The lowest BCUT2D eigenvalue weighted by molar-refractivity contribution is 0.0809. The number of amides is 1. The first-order valence-corrected chi connectivity index (χ1v) is 10.4. The molecule has 1 amide bonds. The Balaban J connectivity index is 1.90. The monoisotopic (exact) mass is 396 g/mol. The number of carboxylic acid groups (broad SMARTS) is 1. The Morgan fingerprint density at radius 2 is 1.76 bits per heavy atom. The summed E-state index contributed by atoms with van der Waals surface area (Å²) in [7, 11) is 0. The van der Waals surface area contributed by atoms with Gasteiger partial charge >= 0.3 is 6.09 Å². The van der Waals surface area contributed by atoms with Gasteiger partial charge in [-0.25, -0.2) is 4.79 Å². The molecule has 0 spiro atoms. The molecular weight excluding hydrogens is 364 g/mol. The minimum Gasteiger partial charge on any atom is -0.493 e. The van der Waals surface area contributed by atoms with Crippen molar-refractivity contribution in [2.45, 2.75) is 45.2 Å². The normalized spacial score (nSPS) is 16.2. The van der Waals surface area contributed by atoms with Crippen molar-refractivity contribution in [2.24, 2.45) is 5.92 Å². The maximum atomic E-state index is 12.2. The van der Waals surface area contributed by atoms with E-state index >= 15 is 0 Å². The fraction of sp³-hybridized carbons (Fsp3) is 0.458. The summed E-state index contributed by atoms with van der Waals surface area (Å²) < 4.78 is 6.10. The maximum absolute atomic E-state index is 12.2. The van der Waals surface area contributed by atoms with Crippen LogP contribution in [-0.4, -0.2) is 41.3 Å². The van der Waals surface area contributed by atoms with Crippen molar-refractivity contribution >= 4 is 6.09 Å². The molecule has 1 saturated heterocycles. The van der Waals surface area contributed by atoms with E-state index in [4.69, 9.17) is 4.74 Å². The Kier molecular flexibility index (Phi) is 6.80. The molecule has 156 valence electrons. The van der Waals surface area contributed by atoms with Crippen LogP contribution in [0.3, 0.4) is 0 Å². The second-order valence-electron chi connectivity index (χ2n) is 8.71. The molecule has 0 radical (unpaired) electrons. The maximum Gasteiger partial charge on any atom is 0.408 e. The molecule has 1 unspecified atom stereocenters. The van der Waals surface area contributed by atoms with Gasteiger partial charge in [-0.05, 0) is 75.9 Å². The van der Waals surface area contributed by atoms with Crippen molar-refractivity contribution < 1.29 is 14.6 Å². The van der Waals surface area contributed by atoms with Crippen LogP contribution in [0.1, 0.15) is 50.8 Å². The Labute approximate surface area is 173 Å². The van der Waals surface area contributed by atoms with Crippen molar-refractivity contribution in [2.75, 3.05) is 19.7 Å². The van der Waals surface area contributed by atoms with Crippen molar-refractivity contribution in [3.05, 3.63) is 65.7 Å². The number of carbonyl (C=O) groups is 1. The summed E-state index contributed by atoms with van der Waals surface area (Å²) in [6, 6.07) is 17.3. The summed E-state index contributed by atoms with van der Waals surface area (Å²) in [5.41, 5.74) is 1.30. The quantitative estimate of drug-likeness (QED) is 0.727. The van der Waals surface area contributed by atoms with Gasteiger partial charge in [0.25, 0.3) is 0 Å². The van der Waals surface area contributed by atoms with Crippen LogP contribution in [0, 0.1) is 5.92 Å². The molecule has 0 aromatic heterocycles. The molecule has 1 aliphatic rings. The third kappa shape index (κ3) is 5.51. The molecule has 2 aromatic carbocycles. The van der Waals surface area contributed by atoms with E-state index in [1.807, 2.05) is 75.4 Å². The second-order valence-corrected chi connectivity index (χ2v) is 8.71. The van der Waals surface area contributed by atoms with E-state index in [0.29, 0.717) is 12.5 Å². The Morgan fingerprint density at radius 3 is 2.38 bits per heavy atom. The van der Waals surface area contributed by atoms with Crippen LogP contribution >= 0.6 is 0 Å². The molecule has 1 atom stereocenters. The van der Waals surface area contributed by atoms with Gasteiger partial charge in [-0.15, -0.1) is 0 Å². The third-order valence-electron chi connectivity index (χ3n) is 5.42. The van der Waals surface area contributed by atoms with Crippen LogP contribution in [0.15, 0.2) is 54.6 Å². The fourth-order valence-electron chi connectivity index (χ4n) is 3.95. The van der Waals surface area contributed by atoms with Gasteiger partial charge in [-0.2, -0.15) is 0 Å². The first-order chi connectivity index (χ1) is 13.9. The van der Waals surface area contributed by atoms with Crippen molar-refractivity contribution in [3.8, 4) is 5.75 Å². The molecular formula is C24H32N2O3. The lowest BCUT2D eigenvalue weighted by Gasteiger charge is -2.40. The SMILES string of the molecule is CC(C)(C)N(C(=O)O)C(c1ccccc1)c1cccc(OCC2CCNCC2)c1. The summed E-state index contributed by atoms with van der Waals surface area (Å²) in [5, 5.41) is 13.4. The zero-order valence-electron chi connectivity index (χ0n) is 17.6. The molecule has 2 aromatic rings. The third-order valence-corrected chi connectivity index (χ3v) is 5.42. The zero-order chi connectivity index (χ0) is 20.9. The van der Waals surface area contributed by atoms with Gasteiger partial charge in [0, 0.05) is 5.54 Å². The van der Waals surface area contributed by atoms with Crippen LogP contribution in [0.2, 0.25) is 0 Å². The molecule has 1 fully saturated rings. The van der Waals surface area contributed by atoms with E-state index < -0.39 is 17.7 Å². The van der Waals surface area contributed by atoms with Crippen LogP contribution in [0.4, 0.5) is 4.79 Å². The minimum atomic E-state index is -0.938. The largest absolute Gasteiger partial charge is 0.493 e. The molecule has 0 bridgehead atoms. The van der Waals surface area contributed by atoms with E-state index in [1.165, 1.54) is 4.90 Å². The van der Waals surface area contributed by atoms with Gasteiger partial charge in [0.05, 0.1) is 12.6 Å². The van der Waals surface area contributed by atoms with E-state index in [9.17, 15) is 9.90 Å². The highest BCUT2D eigenvalue weighted by Gasteiger charge is 2.35. The fourth-order valence-corrected chi connectivity index (χ4v) is 3.95. The average Bonchev–Trinajstić information content (AvgIpc) is 2.71. The number of rotatable bonds is 6. The second kappa shape index (κ2) is 9.31. The molecule has 3 rings (SSSR count). The number of hydrogen-bond donors (Lipinski definition) is 2. The number of hydrogen-bond acceptors (Lipinski definition) is 3. The van der Waals surface area contributed by atoms with E-state index in [0.717, 1.165) is 42.8 Å². The van der Waals surface area contributed by atoms with Crippen molar-refractivity contribution in [1.82, 2.24) is 10.2 Å². The molecule has 2 N–H and O–H groups in total. The topological polar surface area (TPSA) is 61.8 Å². The molecule has 5 nitrogen and oxygen atoms in total. The predicted molar refractivity (Wildman–Crippen MR) is 115 cm³/mol. The lowest BCUT2D eigenvalue weighted by atomic mass is 9.92. The number of nitrogens with zero attached hydrogens (tertiary/aromatic N) is 1. The predicted octanol–water partition coefficient (Wildman–Crippen LogP) is 4.93. The highest BCUT2D eigenvalue weighted by atomic mass is 16.5. The zero-order valence-corrected chi connectivity index (χ0v) is 17.6. The van der Waals surface area contributed by atoms with Crippen LogP contribution in [-0.2, 0) is 0 Å². The van der Waals surface area contributed by atoms with E-state index in [-0.39, 0.29) is 0 Å². The first-order valence-electron chi connectivity index (χ1n) is 10.4. The standard InChI is InChI=1S/C24H32N2O3/c1-24(2,3)26(23(27)28)22(19-8-5-4-6-9-19)20-10-7-11-21(16-20)29-17-18-12-14-25-15-13-18/h4-11,16,18,22,25H,12-15,17H2,1-3H3,(H,27,28). The smallest absolute Gasteiger partial charge is 0.408 e. The Morgan fingerprint density at radius 1 is 1.10 bits per heavy atom. The van der Waals surface area contributed by atoms with Gasteiger partial charge in [0.1, 0.15) is 5.75 Å². The summed E-state index contributed by atoms with van der Waals surface area (Å²) in [4.78, 5) is 13.8. The van der Waals surface area contributed by atoms with E-state index in [2.05, 4.69) is 5.32 Å². The van der Waals surface area contributed by atoms with Crippen LogP contribution in [0.25, 0.3) is 0 Å². The van der Waals surface area contributed by atoms with Crippen molar-refractivity contribution in [3.63, 3.8) is 0 Å². The number of nitrogens with one attached hydrogen (secondary N) is 1. The summed E-state index contributed by atoms with van der Waals surface area (Å²) >= 11 is 0. The number of ether oxygens (including phenoxy) is 1. The highest BCUT2D eigenvalue weighted by Crippen LogP contribution is 2.35. The average molecular weight is 397 g/mol. The van der Waals surface area contributed by atoms with Crippen LogP contribution < -0.4 is 10.1 Å². The summed E-state index contributed by atoms with van der Waals surface area (Å²) in [5.74, 6) is 1.36. The van der Waals surface area contributed by atoms with Gasteiger partial charge in [-0.1, -0.05) is 42.5 Å². The summed E-state index contributed by atoms with van der Waals surface area (Å²) in [6.07, 6.45) is 1.32. The molecule has 0 saturated carbocycles. The first kappa shape index (κ1) is 21.2. The summed E-state index contributed by atoms with van der Waals surface area (Å²) in [6.45, 7) is 8.56. The molecule has 5 heteroatoms. The van der Waals surface area contributed by atoms with Gasteiger partial charge in [-0.3, -0.25) is 4.90 Å². The van der Waals surface area contributed by atoms with Gasteiger partial charge in [0.2, 0.25) is 0 Å². The van der Waals surface area contributed by atoms with E-state index in [1.54, 1.807) is 0 Å². The minimum absolute atomic E-state index is 0.406. The Hall–Kier alpha value is -2.53. The molecule has 1 aliphatic heterocycles. The highest BCUT2D eigenvalue weighted by molar-refractivity contribution is 5.68. The van der Waals surface area contributed by atoms with Gasteiger partial charge < -0.3 is 15.2 Å². The number of benzene rings is 2. The molecule has 1 heterocycles. The number of piperidine rings is 1. The molecule has 0 aliphatic carbocycles. The molecule has 29 heavy (non-hydrogen) atoms. The van der Waals surface area contributed by atoms with Gasteiger partial charge in [0.15, 0.2) is 0 Å². The lowest BCUT2D eigenvalue weighted by Crippen LogP contribution is -2.47. The van der Waals surface area contributed by atoms with Crippen molar-refractivity contribution in [1.29, 1.82) is 0 Å². The Bertz CT molecular complexity index is 795.